The third-order valence-corrected chi connectivity index (χ3v) is 10.9. The second kappa shape index (κ2) is 14.4. The molecule has 0 spiro atoms. The van der Waals surface area contributed by atoms with Gasteiger partial charge in [-0.05, 0) is 127 Å². The second-order valence-corrected chi connectivity index (χ2v) is 14.2. The van der Waals surface area contributed by atoms with Gasteiger partial charge in [0.05, 0.1) is 5.69 Å². The van der Waals surface area contributed by atoms with E-state index >= 15 is 0 Å². The molecule has 0 atom stereocenters. The van der Waals surface area contributed by atoms with Crippen molar-refractivity contribution in [1.82, 2.24) is 0 Å². The lowest BCUT2D eigenvalue weighted by Gasteiger charge is -2.24. The molecule has 1 amide bonds. The number of nitrogens with zero attached hydrogens (tertiary/aromatic N) is 1. The van der Waals surface area contributed by atoms with Crippen LogP contribution in [-0.2, 0) is 4.79 Å². The summed E-state index contributed by atoms with van der Waals surface area (Å²) in [5.74, 6) is 0. The summed E-state index contributed by atoms with van der Waals surface area (Å²) in [5, 5.41) is 7.25. The molecule has 9 aromatic carbocycles. The molecule has 0 radical (unpaired) electrons. The SMILES string of the molecule is Cc1cc2ccccc2cc1/C=C\c1ccccc1-c1c2ccccc2c(-c2ccc(N(C=O)c3ccccc3)c(-c3ccccc3C)c2)c2ccccc12. The van der Waals surface area contributed by atoms with Crippen molar-refractivity contribution >= 4 is 62.3 Å². The summed E-state index contributed by atoms with van der Waals surface area (Å²) in [5.41, 5.74) is 13.2. The highest BCUT2D eigenvalue weighted by Crippen LogP contribution is 2.47. The molecule has 0 aliphatic rings. The van der Waals surface area contributed by atoms with Gasteiger partial charge in [0.25, 0.3) is 0 Å². The monoisotopic (exact) mass is 705 g/mol. The minimum Gasteiger partial charge on any atom is -0.283 e. The van der Waals surface area contributed by atoms with Crippen molar-refractivity contribution in [3.05, 3.63) is 204 Å². The molecule has 0 fully saturated rings. The topological polar surface area (TPSA) is 20.3 Å². The van der Waals surface area contributed by atoms with E-state index in [1.165, 1.54) is 65.7 Å². The highest BCUT2D eigenvalue weighted by atomic mass is 16.1. The van der Waals surface area contributed by atoms with Crippen LogP contribution in [-0.4, -0.2) is 6.41 Å². The molecular weight excluding hydrogens is 667 g/mol. The van der Waals surface area contributed by atoms with E-state index in [9.17, 15) is 4.79 Å². The van der Waals surface area contributed by atoms with Crippen molar-refractivity contribution in [1.29, 1.82) is 0 Å². The number of aryl methyl sites for hydroxylation is 2. The van der Waals surface area contributed by atoms with Gasteiger partial charge in [0.2, 0.25) is 6.41 Å². The normalized spacial score (nSPS) is 11.5. The van der Waals surface area contributed by atoms with Gasteiger partial charge in [0.1, 0.15) is 0 Å². The molecule has 0 saturated carbocycles. The van der Waals surface area contributed by atoms with Crippen LogP contribution in [0.2, 0.25) is 0 Å². The Morgan fingerprint density at radius 3 is 1.64 bits per heavy atom. The average molecular weight is 706 g/mol. The van der Waals surface area contributed by atoms with Crippen LogP contribution in [0.1, 0.15) is 22.3 Å². The zero-order chi connectivity index (χ0) is 37.3. The lowest BCUT2D eigenvalue weighted by Crippen LogP contribution is -2.15. The number of amides is 1. The van der Waals surface area contributed by atoms with Gasteiger partial charge in [0, 0.05) is 11.3 Å². The van der Waals surface area contributed by atoms with Crippen LogP contribution in [0.25, 0.3) is 77.9 Å². The van der Waals surface area contributed by atoms with E-state index < -0.39 is 0 Å². The van der Waals surface area contributed by atoms with Crippen LogP contribution >= 0.6 is 0 Å². The summed E-state index contributed by atoms with van der Waals surface area (Å²) in [7, 11) is 0. The van der Waals surface area contributed by atoms with Crippen molar-refractivity contribution in [2.75, 3.05) is 4.90 Å². The molecule has 9 rings (SSSR count). The smallest absolute Gasteiger partial charge is 0.218 e. The van der Waals surface area contributed by atoms with Gasteiger partial charge in [-0.25, -0.2) is 0 Å². The van der Waals surface area contributed by atoms with E-state index in [4.69, 9.17) is 0 Å². The molecular formula is C53H39NO. The van der Waals surface area contributed by atoms with E-state index in [0.717, 1.165) is 40.0 Å². The summed E-state index contributed by atoms with van der Waals surface area (Å²) in [6.07, 6.45) is 5.44. The predicted molar refractivity (Wildman–Crippen MR) is 235 cm³/mol. The fraction of sp³-hybridized carbons (Fsp3) is 0.0377. The average Bonchev–Trinajstić information content (AvgIpc) is 3.23. The first-order valence-corrected chi connectivity index (χ1v) is 18.8. The number of hydrogen-bond acceptors (Lipinski definition) is 1. The molecule has 2 heteroatoms. The number of carbonyl (C=O) groups is 1. The molecule has 0 N–H and O–H groups in total. The maximum absolute atomic E-state index is 12.8. The van der Waals surface area contributed by atoms with Gasteiger partial charge in [-0.1, -0.05) is 164 Å². The van der Waals surface area contributed by atoms with Gasteiger partial charge in [0.15, 0.2) is 0 Å². The maximum Gasteiger partial charge on any atom is 0.218 e. The molecule has 0 heterocycles. The molecule has 55 heavy (non-hydrogen) atoms. The largest absolute Gasteiger partial charge is 0.283 e. The highest BCUT2D eigenvalue weighted by molar-refractivity contribution is 6.22. The molecule has 0 saturated heterocycles. The van der Waals surface area contributed by atoms with E-state index in [-0.39, 0.29) is 0 Å². The summed E-state index contributed by atoms with van der Waals surface area (Å²) in [6, 6.07) is 64.2. The third-order valence-electron chi connectivity index (χ3n) is 10.9. The number of benzene rings is 9. The molecule has 0 bridgehead atoms. The first kappa shape index (κ1) is 33.8. The zero-order valence-corrected chi connectivity index (χ0v) is 30.9. The molecule has 0 aliphatic heterocycles. The molecule has 0 unspecified atom stereocenters. The van der Waals surface area contributed by atoms with Gasteiger partial charge < -0.3 is 0 Å². The van der Waals surface area contributed by atoms with Gasteiger partial charge in [-0.3, -0.25) is 9.69 Å². The van der Waals surface area contributed by atoms with Crippen molar-refractivity contribution in [2.24, 2.45) is 0 Å². The highest BCUT2D eigenvalue weighted by Gasteiger charge is 2.21. The van der Waals surface area contributed by atoms with Gasteiger partial charge >= 0.3 is 0 Å². The molecule has 2 nitrogen and oxygen atoms in total. The fourth-order valence-corrected chi connectivity index (χ4v) is 8.17. The fourth-order valence-electron chi connectivity index (χ4n) is 8.17. The Labute approximate surface area is 322 Å². The van der Waals surface area contributed by atoms with Crippen LogP contribution in [0, 0.1) is 13.8 Å². The Balaban J connectivity index is 1.26. The van der Waals surface area contributed by atoms with E-state index in [1.807, 2.05) is 30.3 Å². The van der Waals surface area contributed by atoms with E-state index in [2.05, 4.69) is 178 Å². The third kappa shape index (κ3) is 6.18. The Morgan fingerprint density at radius 2 is 0.964 bits per heavy atom. The van der Waals surface area contributed by atoms with E-state index in [1.54, 1.807) is 4.90 Å². The van der Waals surface area contributed by atoms with Crippen LogP contribution in [0.4, 0.5) is 11.4 Å². The van der Waals surface area contributed by atoms with E-state index in [0.29, 0.717) is 0 Å². The minimum absolute atomic E-state index is 0.823. The van der Waals surface area contributed by atoms with Crippen LogP contribution < -0.4 is 4.90 Å². The molecule has 0 aromatic heterocycles. The summed E-state index contributed by atoms with van der Waals surface area (Å²) in [4.78, 5) is 14.5. The lowest BCUT2D eigenvalue weighted by atomic mass is 9.84. The minimum atomic E-state index is 0.823. The second-order valence-electron chi connectivity index (χ2n) is 14.2. The predicted octanol–water partition coefficient (Wildman–Crippen LogP) is 14.2. The van der Waals surface area contributed by atoms with Crippen LogP contribution in [0.5, 0.6) is 0 Å². The van der Waals surface area contributed by atoms with Crippen LogP contribution in [0.15, 0.2) is 182 Å². The Kier molecular flexibility index (Phi) is 8.86. The van der Waals surface area contributed by atoms with Gasteiger partial charge in [-0.2, -0.15) is 0 Å². The van der Waals surface area contributed by atoms with Crippen molar-refractivity contribution in [3.8, 4) is 33.4 Å². The molecule has 0 aliphatic carbocycles. The standard InChI is InChI=1S/C53H39NO/c1-36-16-6-10-22-44(36)50-34-42(30-31-51(50)54(35-55)43-20-4-3-5-21-43)52-46-24-12-14-26-48(46)53(49-27-15-13-25-47(49)52)45-23-11-9-17-38(45)28-29-39-33-41-19-8-7-18-40(41)32-37(39)2/h3-35H,1-2H3/b29-28-. The number of hydrogen-bond donors (Lipinski definition) is 0. The molecule has 262 valence electrons. The number of carbonyl (C=O) groups excluding carboxylic acids is 1. The Bertz CT molecular complexity index is 2860. The van der Waals surface area contributed by atoms with Crippen LogP contribution in [0.3, 0.4) is 0 Å². The first-order chi connectivity index (χ1) is 27.1. The Hall–Kier alpha value is -7.03. The maximum atomic E-state index is 12.8. The number of anilines is 2. The van der Waals surface area contributed by atoms with Crippen molar-refractivity contribution in [2.45, 2.75) is 13.8 Å². The van der Waals surface area contributed by atoms with Crippen molar-refractivity contribution in [3.63, 3.8) is 0 Å². The number of rotatable bonds is 8. The quantitative estimate of drug-likeness (QED) is 0.0875. The van der Waals surface area contributed by atoms with Gasteiger partial charge in [-0.15, -0.1) is 0 Å². The zero-order valence-electron chi connectivity index (χ0n) is 30.9. The number of fused-ring (bicyclic) bond motifs is 3. The summed E-state index contributed by atoms with van der Waals surface area (Å²) < 4.78 is 0. The number of para-hydroxylation sites is 1. The molecule has 9 aromatic rings. The summed E-state index contributed by atoms with van der Waals surface area (Å²) in [6.45, 7) is 4.32. The lowest BCUT2D eigenvalue weighted by molar-refractivity contribution is -0.106. The first-order valence-electron chi connectivity index (χ1n) is 18.8. The Morgan fingerprint density at radius 1 is 0.418 bits per heavy atom. The van der Waals surface area contributed by atoms with Crippen molar-refractivity contribution < 1.29 is 4.79 Å². The summed E-state index contributed by atoms with van der Waals surface area (Å²) >= 11 is 0.